The van der Waals surface area contributed by atoms with Gasteiger partial charge >= 0.3 is 0 Å². The highest BCUT2D eigenvalue weighted by atomic mass is 19.1. The first-order chi connectivity index (χ1) is 8.74. The van der Waals surface area contributed by atoms with E-state index >= 15 is 0 Å². The molecule has 1 aliphatic rings. The Morgan fingerprint density at radius 3 is 2.83 bits per heavy atom. The summed E-state index contributed by atoms with van der Waals surface area (Å²) < 4.78 is 19.0. The summed E-state index contributed by atoms with van der Waals surface area (Å²) in [6.45, 7) is 2.38. The van der Waals surface area contributed by atoms with Crippen molar-refractivity contribution in [1.29, 1.82) is 0 Å². The Kier molecular flexibility index (Phi) is 2.78. The Bertz CT molecular complexity index is 577. The lowest BCUT2D eigenvalue weighted by Gasteiger charge is -2.29. The van der Waals surface area contributed by atoms with Crippen LogP contribution in [0.25, 0.3) is 0 Å². The number of hydrogen-bond acceptors (Lipinski definition) is 1. The molecule has 0 bridgehead atoms. The van der Waals surface area contributed by atoms with Crippen molar-refractivity contribution in [3.63, 3.8) is 0 Å². The molecule has 0 radical (unpaired) electrons. The van der Waals surface area contributed by atoms with Crippen LogP contribution in [0, 0.1) is 12.7 Å². The molecule has 92 valence electrons. The van der Waals surface area contributed by atoms with Crippen molar-refractivity contribution >= 4 is 0 Å². The van der Waals surface area contributed by atoms with Crippen LogP contribution in [0.2, 0.25) is 0 Å². The highest BCUT2D eigenvalue weighted by molar-refractivity contribution is 5.40. The monoisotopic (exact) mass is 242 g/mol. The summed E-state index contributed by atoms with van der Waals surface area (Å²) in [7, 11) is 0. The van der Waals surface area contributed by atoms with Gasteiger partial charge in [0.1, 0.15) is 11.6 Å². The van der Waals surface area contributed by atoms with E-state index in [1.165, 1.54) is 17.2 Å². The van der Waals surface area contributed by atoms with Gasteiger partial charge in [-0.2, -0.15) is 0 Å². The van der Waals surface area contributed by atoms with E-state index in [9.17, 15) is 4.39 Å². The van der Waals surface area contributed by atoms with Crippen molar-refractivity contribution in [3.8, 4) is 5.75 Å². The van der Waals surface area contributed by atoms with Gasteiger partial charge in [-0.3, -0.25) is 0 Å². The molecule has 0 amide bonds. The second-order valence-electron chi connectivity index (χ2n) is 4.82. The van der Waals surface area contributed by atoms with Gasteiger partial charge < -0.3 is 4.74 Å². The van der Waals surface area contributed by atoms with Crippen molar-refractivity contribution in [2.45, 2.75) is 19.3 Å². The highest BCUT2D eigenvalue weighted by Crippen LogP contribution is 2.35. The van der Waals surface area contributed by atoms with Crippen LogP contribution in [0.4, 0.5) is 4.39 Å². The van der Waals surface area contributed by atoms with E-state index in [1.54, 1.807) is 13.0 Å². The Morgan fingerprint density at radius 2 is 2.06 bits per heavy atom. The average molecular weight is 242 g/mol. The quantitative estimate of drug-likeness (QED) is 0.794. The summed E-state index contributed by atoms with van der Waals surface area (Å²) in [5, 5.41) is 0. The van der Waals surface area contributed by atoms with Crippen molar-refractivity contribution < 1.29 is 9.13 Å². The predicted octanol–water partition coefficient (Wildman–Crippen LogP) is 3.85. The fourth-order valence-electron chi connectivity index (χ4n) is 2.37. The van der Waals surface area contributed by atoms with E-state index in [1.807, 2.05) is 6.07 Å². The summed E-state index contributed by atoms with van der Waals surface area (Å²) in [5.41, 5.74) is 3.42. The first-order valence-electron chi connectivity index (χ1n) is 6.21. The number of ether oxygens (including phenoxy) is 1. The normalized spacial score (nSPS) is 16.9. The topological polar surface area (TPSA) is 9.23 Å². The van der Waals surface area contributed by atoms with Gasteiger partial charge in [-0.25, -0.2) is 4.39 Å². The van der Waals surface area contributed by atoms with Crippen LogP contribution < -0.4 is 4.74 Å². The summed E-state index contributed by atoms with van der Waals surface area (Å²) in [4.78, 5) is 0. The third-order valence-electron chi connectivity index (χ3n) is 3.56. The number of hydrogen-bond donors (Lipinski definition) is 0. The summed E-state index contributed by atoms with van der Waals surface area (Å²) >= 11 is 0. The lowest BCUT2D eigenvalue weighted by atomic mass is 9.78. The molecule has 3 rings (SSSR count). The molecule has 0 saturated heterocycles. The summed E-state index contributed by atoms with van der Waals surface area (Å²) in [5.74, 6) is 0.856. The van der Waals surface area contributed by atoms with E-state index < -0.39 is 0 Å². The van der Waals surface area contributed by atoms with Gasteiger partial charge in [0.15, 0.2) is 0 Å². The van der Waals surface area contributed by atoms with Gasteiger partial charge in [-0.05, 0) is 36.1 Å². The molecule has 2 heteroatoms. The molecule has 0 aromatic heterocycles. The maximum Gasteiger partial charge on any atom is 0.129 e. The van der Waals surface area contributed by atoms with Gasteiger partial charge in [0, 0.05) is 12.0 Å². The zero-order chi connectivity index (χ0) is 12.5. The molecule has 0 heterocycles. The molecular weight excluding hydrogens is 227 g/mol. The van der Waals surface area contributed by atoms with Crippen LogP contribution >= 0.6 is 0 Å². The second-order valence-corrected chi connectivity index (χ2v) is 4.82. The average Bonchev–Trinajstić information content (AvgIpc) is 2.35. The van der Waals surface area contributed by atoms with E-state index in [-0.39, 0.29) is 5.82 Å². The molecule has 0 N–H and O–H groups in total. The van der Waals surface area contributed by atoms with Crippen LogP contribution in [0.5, 0.6) is 5.75 Å². The van der Waals surface area contributed by atoms with Gasteiger partial charge in [-0.1, -0.05) is 30.3 Å². The maximum atomic E-state index is 13.4. The van der Waals surface area contributed by atoms with E-state index in [4.69, 9.17) is 4.74 Å². The molecule has 1 unspecified atom stereocenters. The van der Waals surface area contributed by atoms with Crippen LogP contribution in [-0.4, -0.2) is 6.61 Å². The largest absolute Gasteiger partial charge is 0.493 e. The number of fused-ring (bicyclic) bond motifs is 1. The van der Waals surface area contributed by atoms with Crippen molar-refractivity contribution in [1.82, 2.24) is 0 Å². The number of aryl methyl sites for hydroxylation is 1. The van der Waals surface area contributed by atoms with Crippen LogP contribution in [0.15, 0.2) is 42.5 Å². The maximum absolute atomic E-state index is 13.4. The fourth-order valence-corrected chi connectivity index (χ4v) is 2.37. The minimum absolute atomic E-state index is 0.207. The van der Waals surface area contributed by atoms with Gasteiger partial charge in [0.2, 0.25) is 0 Å². The lowest BCUT2D eigenvalue weighted by molar-refractivity contribution is 0.274. The number of halogens is 1. The van der Waals surface area contributed by atoms with Crippen molar-refractivity contribution in [3.05, 3.63) is 65.0 Å². The highest BCUT2D eigenvalue weighted by Gasteiger charge is 2.25. The molecule has 1 aliphatic carbocycles. The van der Waals surface area contributed by atoms with E-state index in [0.29, 0.717) is 23.8 Å². The minimum atomic E-state index is -0.207. The molecule has 2 aromatic rings. The Labute approximate surface area is 106 Å². The molecule has 0 aliphatic heterocycles. The lowest BCUT2D eigenvalue weighted by Crippen LogP contribution is -2.23. The van der Waals surface area contributed by atoms with E-state index in [0.717, 1.165) is 6.42 Å². The standard InChI is InChI=1S/C16H15FO/c1-11-6-7-14(9-16(11)17)18-10-13-8-12-4-2-3-5-15(12)13/h2-7,9,13H,8,10H2,1H3. The molecule has 18 heavy (non-hydrogen) atoms. The van der Waals surface area contributed by atoms with Crippen LogP contribution in [-0.2, 0) is 6.42 Å². The molecule has 0 spiro atoms. The number of rotatable bonds is 3. The Hall–Kier alpha value is -1.83. The molecule has 1 atom stereocenters. The van der Waals surface area contributed by atoms with Crippen LogP contribution in [0.1, 0.15) is 22.6 Å². The number of benzene rings is 2. The van der Waals surface area contributed by atoms with Gasteiger partial charge in [0.25, 0.3) is 0 Å². The zero-order valence-electron chi connectivity index (χ0n) is 10.3. The molecular formula is C16H15FO. The summed E-state index contributed by atoms with van der Waals surface area (Å²) in [6.07, 6.45) is 1.06. The second kappa shape index (κ2) is 4.45. The molecule has 0 fully saturated rings. The van der Waals surface area contributed by atoms with Gasteiger partial charge in [-0.15, -0.1) is 0 Å². The first kappa shape index (κ1) is 11.3. The fraction of sp³-hybridized carbons (Fsp3) is 0.250. The molecule has 2 aromatic carbocycles. The first-order valence-corrected chi connectivity index (χ1v) is 6.21. The smallest absolute Gasteiger partial charge is 0.129 e. The SMILES string of the molecule is Cc1ccc(OCC2Cc3ccccc32)cc1F. The Morgan fingerprint density at radius 1 is 1.22 bits per heavy atom. The summed E-state index contributed by atoms with van der Waals surface area (Å²) in [6, 6.07) is 13.4. The Balaban J connectivity index is 1.65. The molecule has 0 saturated carbocycles. The zero-order valence-corrected chi connectivity index (χ0v) is 10.3. The third kappa shape index (κ3) is 1.99. The van der Waals surface area contributed by atoms with E-state index in [2.05, 4.69) is 24.3 Å². The predicted molar refractivity (Wildman–Crippen MR) is 69.5 cm³/mol. The van der Waals surface area contributed by atoms with Crippen LogP contribution in [0.3, 0.4) is 0 Å². The van der Waals surface area contributed by atoms with Gasteiger partial charge in [0.05, 0.1) is 6.61 Å². The van der Waals surface area contributed by atoms with Crippen molar-refractivity contribution in [2.75, 3.05) is 6.61 Å². The minimum Gasteiger partial charge on any atom is -0.493 e. The third-order valence-corrected chi connectivity index (χ3v) is 3.56. The molecule has 1 nitrogen and oxygen atoms in total. The van der Waals surface area contributed by atoms with Crippen molar-refractivity contribution in [2.24, 2.45) is 0 Å².